The van der Waals surface area contributed by atoms with E-state index < -0.39 is 0 Å². The van der Waals surface area contributed by atoms with E-state index in [2.05, 4.69) is 10.6 Å². The van der Waals surface area contributed by atoms with Crippen LogP contribution in [0.25, 0.3) is 0 Å². The average molecular weight is 321 g/mol. The molecule has 0 bridgehead atoms. The molecule has 3 amide bonds. The molecule has 0 saturated carbocycles. The highest BCUT2D eigenvalue weighted by atomic mass is 16.2. The molecule has 122 valence electrons. The molecule has 0 spiro atoms. The summed E-state index contributed by atoms with van der Waals surface area (Å²) in [5, 5.41) is 5.74. The van der Waals surface area contributed by atoms with Crippen LogP contribution < -0.4 is 15.5 Å². The van der Waals surface area contributed by atoms with Crippen LogP contribution >= 0.6 is 0 Å². The van der Waals surface area contributed by atoms with Gasteiger partial charge < -0.3 is 15.5 Å². The highest BCUT2D eigenvalue weighted by molar-refractivity contribution is 6.01. The van der Waals surface area contributed by atoms with E-state index in [1.165, 1.54) is 0 Å². The van der Waals surface area contributed by atoms with Crippen molar-refractivity contribution in [1.29, 1.82) is 0 Å². The second-order valence-corrected chi connectivity index (χ2v) is 6.24. The van der Waals surface area contributed by atoms with E-state index in [-0.39, 0.29) is 11.9 Å². The number of carbonyl (C=O) groups is 2. The Bertz CT molecular complexity index is 785. The van der Waals surface area contributed by atoms with Gasteiger partial charge in [-0.15, -0.1) is 0 Å². The normalized spacial score (nSPS) is 15.7. The van der Waals surface area contributed by atoms with Gasteiger partial charge in [0.1, 0.15) is 0 Å². The highest BCUT2D eigenvalue weighted by Gasteiger charge is 2.29. The summed E-state index contributed by atoms with van der Waals surface area (Å²) in [4.78, 5) is 26.2. The van der Waals surface area contributed by atoms with Crippen LogP contribution in [0.3, 0.4) is 0 Å². The van der Waals surface area contributed by atoms with Crippen LogP contribution in [0.1, 0.15) is 24.0 Å². The van der Waals surface area contributed by atoms with Gasteiger partial charge in [0.25, 0.3) is 0 Å². The lowest BCUT2D eigenvalue weighted by atomic mass is 9.91. The third-order valence-electron chi connectivity index (χ3n) is 4.56. The Morgan fingerprint density at radius 1 is 0.917 bits per heavy atom. The summed E-state index contributed by atoms with van der Waals surface area (Å²) >= 11 is 0. The lowest BCUT2D eigenvalue weighted by Crippen LogP contribution is -2.39. The third-order valence-corrected chi connectivity index (χ3v) is 4.56. The molecule has 2 aromatic rings. The second-order valence-electron chi connectivity index (χ2n) is 6.24. The number of carbonyl (C=O) groups excluding carboxylic acids is 2. The molecule has 5 nitrogen and oxygen atoms in total. The minimum atomic E-state index is -0.257. The molecular formula is C19H19N3O2. The number of nitrogens with zero attached hydrogens (tertiary/aromatic N) is 1. The van der Waals surface area contributed by atoms with Crippen LogP contribution in [-0.4, -0.2) is 18.5 Å². The molecule has 2 aliphatic heterocycles. The SMILES string of the molecule is O=C(Nc1ccccc1)Nc1cc2c3c(c1)CCC(=O)N3CCC2. The zero-order valence-electron chi connectivity index (χ0n) is 13.3. The molecule has 24 heavy (non-hydrogen) atoms. The Balaban J connectivity index is 1.57. The number of benzene rings is 2. The maximum atomic E-state index is 12.2. The van der Waals surface area contributed by atoms with E-state index in [0.29, 0.717) is 6.42 Å². The first-order valence-electron chi connectivity index (χ1n) is 8.30. The zero-order valence-corrected chi connectivity index (χ0v) is 13.3. The summed E-state index contributed by atoms with van der Waals surface area (Å²) in [6.07, 6.45) is 3.21. The predicted molar refractivity (Wildman–Crippen MR) is 94.5 cm³/mol. The Morgan fingerprint density at radius 3 is 2.42 bits per heavy atom. The van der Waals surface area contributed by atoms with Crippen molar-refractivity contribution in [2.75, 3.05) is 22.1 Å². The number of anilines is 3. The first-order chi connectivity index (χ1) is 11.7. The molecule has 0 atom stereocenters. The number of amides is 3. The minimum absolute atomic E-state index is 0.214. The van der Waals surface area contributed by atoms with E-state index >= 15 is 0 Å². The van der Waals surface area contributed by atoms with Gasteiger partial charge in [0.2, 0.25) is 5.91 Å². The summed E-state index contributed by atoms with van der Waals surface area (Å²) < 4.78 is 0. The van der Waals surface area contributed by atoms with Crippen molar-refractivity contribution in [1.82, 2.24) is 0 Å². The Hall–Kier alpha value is -2.82. The second kappa shape index (κ2) is 6.00. The fraction of sp³-hybridized carbons (Fsp3) is 0.263. The van der Waals surface area contributed by atoms with Crippen LogP contribution in [0.5, 0.6) is 0 Å². The van der Waals surface area contributed by atoms with Crippen molar-refractivity contribution in [2.24, 2.45) is 0 Å². The van der Waals surface area contributed by atoms with E-state index in [4.69, 9.17) is 0 Å². The lowest BCUT2D eigenvalue weighted by Gasteiger charge is -2.35. The molecule has 2 heterocycles. The van der Waals surface area contributed by atoms with Gasteiger partial charge >= 0.3 is 6.03 Å². The summed E-state index contributed by atoms with van der Waals surface area (Å²) in [6.45, 7) is 0.806. The molecule has 0 aromatic heterocycles. The number of nitrogens with one attached hydrogen (secondary N) is 2. The van der Waals surface area contributed by atoms with Crippen LogP contribution in [0, 0.1) is 0 Å². The maximum absolute atomic E-state index is 12.2. The predicted octanol–water partition coefficient (Wildman–Crippen LogP) is 3.56. The van der Waals surface area contributed by atoms with Crippen LogP contribution in [0.4, 0.5) is 21.9 Å². The summed E-state index contributed by atoms with van der Waals surface area (Å²) in [6, 6.07) is 13.1. The van der Waals surface area contributed by atoms with E-state index in [1.807, 2.05) is 47.4 Å². The van der Waals surface area contributed by atoms with Gasteiger partial charge in [0.15, 0.2) is 0 Å². The van der Waals surface area contributed by atoms with Crippen LogP contribution in [-0.2, 0) is 17.6 Å². The standard InChI is InChI=1S/C19H19N3O2/c23-17-9-8-14-12-16(11-13-5-4-10-22(17)18(13)14)21-19(24)20-15-6-2-1-3-7-15/h1-3,6-7,11-12H,4-5,8-10H2,(H2,20,21,24). The fourth-order valence-electron chi connectivity index (χ4n) is 3.54. The van der Waals surface area contributed by atoms with Gasteiger partial charge in [-0.25, -0.2) is 4.79 Å². The molecule has 0 aliphatic carbocycles. The summed E-state index contributed by atoms with van der Waals surface area (Å²) in [5.74, 6) is 0.214. The molecule has 5 heteroatoms. The Kier molecular flexibility index (Phi) is 3.69. The molecule has 0 saturated heterocycles. The van der Waals surface area contributed by atoms with Gasteiger partial charge in [0.05, 0.1) is 5.69 Å². The zero-order chi connectivity index (χ0) is 16.5. The van der Waals surface area contributed by atoms with Crippen LogP contribution in [0.2, 0.25) is 0 Å². The van der Waals surface area contributed by atoms with Gasteiger partial charge in [-0.2, -0.15) is 0 Å². The van der Waals surface area contributed by atoms with Crippen molar-refractivity contribution < 1.29 is 9.59 Å². The average Bonchev–Trinajstić information content (AvgIpc) is 2.59. The largest absolute Gasteiger partial charge is 0.323 e. The lowest BCUT2D eigenvalue weighted by molar-refractivity contribution is -0.119. The number of hydrogen-bond donors (Lipinski definition) is 2. The first-order valence-corrected chi connectivity index (χ1v) is 8.30. The summed E-state index contributed by atoms with van der Waals surface area (Å²) in [7, 11) is 0. The Labute approximate surface area is 140 Å². The van der Waals surface area contributed by atoms with Crippen molar-refractivity contribution in [3.63, 3.8) is 0 Å². The number of rotatable bonds is 2. The molecule has 0 unspecified atom stereocenters. The Morgan fingerprint density at radius 2 is 1.62 bits per heavy atom. The third kappa shape index (κ3) is 2.73. The quantitative estimate of drug-likeness (QED) is 0.888. The molecule has 0 fully saturated rings. The molecule has 2 aromatic carbocycles. The van der Waals surface area contributed by atoms with E-state index in [1.54, 1.807) is 0 Å². The fourth-order valence-corrected chi connectivity index (χ4v) is 3.54. The molecule has 0 radical (unpaired) electrons. The number of urea groups is 1. The van der Waals surface area contributed by atoms with Gasteiger partial charge in [-0.05, 0) is 54.7 Å². The van der Waals surface area contributed by atoms with Crippen LogP contribution in [0.15, 0.2) is 42.5 Å². The maximum Gasteiger partial charge on any atom is 0.323 e. The van der Waals surface area contributed by atoms with Crippen molar-refractivity contribution >= 4 is 29.0 Å². The smallest absolute Gasteiger partial charge is 0.312 e. The monoisotopic (exact) mass is 321 g/mol. The number of aryl methyl sites for hydroxylation is 2. The number of para-hydroxylation sites is 1. The minimum Gasteiger partial charge on any atom is -0.312 e. The number of hydrogen-bond acceptors (Lipinski definition) is 2. The highest BCUT2D eigenvalue weighted by Crippen LogP contribution is 2.37. The van der Waals surface area contributed by atoms with E-state index in [0.717, 1.165) is 54.0 Å². The van der Waals surface area contributed by atoms with Crippen molar-refractivity contribution in [3.8, 4) is 0 Å². The van der Waals surface area contributed by atoms with Crippen molar-refractivity contribution in [2.45, 2.75) is 25.7 Å². The molecular weight excluding hydrogens is 302 g/mol. The van der Waals surface area contributed by atoms with Gasteiger partial charge in [-0.3, -0.25) is 4.79 Å². The topological polar surface area (TPSA) is 61.4 Å². The molecule has 2 aliphatic rings. The first kappa shape index (κ1) is 14.8. The molecule has 2 N–H and O–H groups in total. The van der Waals surface area contributed by atoms with Gasteiger partial charge in [0, 0.05) is 24.3 Å². The van der Waals surface area contributed by atoms with Crippen molar-refractivity contribution in [3.05, 3.63) is 53.6 Å². The summed E-state index contributed by atoms with van der Waals surface area (Å²) in [5.41, 5.74) is 4.93. The molecule has 4 rings (SSSR count). The van der Waals surface area contributed by atoms with E-state index in [9.17, 15) is 9.59 Å². The van der Waals surface area contributed by atoms with Gasteiger partial charge in [-0.1, -0.05) is 18.2 Å².